The highest BCUT2D eigenvalue weighted by Gasteiger charge is 2.40. The molecule has 0 spiro atoms. The van der Waals surface area contributed by atoms with Crippen molar-refractivity contribution in [2.45, 2.75) is 18.6 Å². The van der Waals surface area contributed by atoms with Gasteiger partial charge in [0, 0.05) is 12.5 Å². The van der Waals surface area contributed by atoms with Crippen molar-refractivity contribution in [1.29, 1.82) is 0 Å². The fraction of sp³-hybridized carbons (Fsp3) is 0.273. The van der Waals surface area contributed by atoms with Crippen molar-refractivity contribution in [3.05, 3.63) is 35.4 Å². The summed E-state index contributed by atoms with van der Waals surface area (Å²) in [5.41, 5.74) is -0.197. The van der Waals surface area contributed by atoms with Crippen LogP contribution in [0.1, 0.15) is 5.56 Å². The summed E-state index contributed by atoms with van der Waals surface area (Å²) in [5.74, 6) is -6.22. The lowest BCUT2D eigenvalue weighted by molar-refractivity contribution is -0.175. The molecule has 1 atom stereocenters. The molecule has 9 heteroatoms. The van der Waals surface area contributed by atoms with Gasteiger partial charge in [0.1, 0.15) is 17.7 Å². The largest absolute Gasteiger partial charge is 0.480 e. The number of hydrogen-bond acceptors (Lipinski definition) is 2. The van der Waals surface area contributed by atoms with Crippen LogP contribution in [0.5, 0.6) is 0 Å². The van der Waals surface area contributed by atoms with E-state index in [1.807, 2.05) is 0 Å². The van der Waals surface area contributed by atoms with Gasteiger partial charge in [0.05, 0.1) is 0 Å². The fourth-order valence-corrected chi connectivity index (χ4v) is 1.40. The van der Waals surface area contributed by atoms with Gasteiger partial charge in [-0.2, -0.15) is 13.2 Å². The minimum Gasteiger partial charge on any atom is -0.480 e. The Labute approximate surface area is 109 Å². The quantitative estimate of drug-likeness (QED) is 0.830. The maximum Gasteiger partial charge on any atom is 0.471 e. The highest BCUT2D eigenvalue weighted by molar-refractivity contribution is 5.87. The van der Waals surface area contributed by atoms with E-state index in [2.05, 4.69) is 0 Å². The third-order valence-electron chi connectivity index (χ3n) is 2.22. The molecule has 4 nitrogen and oxygen atoms in total. The number of aliphatic carboxylic acids is 1. The Kier molecular flexibility index (Phi) is 4.64. The third kappa shape index (κ3) is 4.48. The molecular formula is C11H8F5NO3. The Hall–Kier alpha value is -2.19. The van der Waals surface area contributed by atoms with Crippen molar-refractivity contribution in [1.82, 2.24) is 5.32 Å². The van der Waals surface area contributed by atoms with Crippen molar-refractivity contribution >= 4 is 11.9 Å². The first-order chi connectivity index (χ1) is 9.09. The second-order valence-corrected chi connectivity index (χ2v) is 3.84. The van der Waals surface area contributed by atoms with E-state index >= 15 is 0 Å². The number of benzene rings is 1. The molecule has 1 aromatic carbocycles. The predicted molar refractivity (Wildman–Crippen MR) is 55.7 cm³/mol. The minimum atomic E-state index is -5.25. The van der Waals surface area contributed by atoms with Crippen molar-refractivity contribution < 1.29 is 36.6 Å². The SMILES string of the molecule is O=C(O)[C@H](Cc1cc(F)cc(F)c1)NC(=O)C(F)(F)F. The number of nitrogens with one attached hydrogen (secondary N) is 1. The van der Waals surface area contributed by atoms with Crippen LogP contribution in [0.4, 0.5) is 22.0 Å². The Morgan fingerprint density at radius 3 is 2.05 bits per heavy atom. The van der Waals surface area contributed by atoms with Crippen LogP contribution >= 0.6 is 0 Å². The van der Waals surface area contributed by atoms with Gasteiger partial charge in [0.15, 0.2) is 0 Å². The Morgan fingerprint density at radius 2 is 1.65 bits per heavy atom. The number of halogens is 5. The molecule has 20 heavy (non-hydrogen) atoms. The first-order valence-electron chi connectivity index (χ1n) is 5.15. The minimum absolute atomic E-state index is 0.197. The summed E-state index contributed by atoms with van der Waals surface area (Å²) in [7, 11) is 0. The molecule has 0 saturated carbocycles. The lowest BCUT2D eigenvalue weighted by atomic mass is 10.1. The van der Waals surface area contributed by atoms with Crippen LogP contribution in [-0.2, 0) is 16.0 Å². The zero-order valence-corrected chi connectivity index (χ0v) is 9.67. The highest BCUT2D eigenvalue weighted by atomic mass is 19.4. The molecule has 0 fully saturated rings. The molecule has 1 rings (SSSR count). The van der Waals surface area contributed by atoms with Crippen LogP contribution < -0.4 is 5.32 Å². The van der Waals surface area contributed by atoms with Gasteiger partial charge in [0.2, 0.25) is 0 Å². The van der Waals surface area contributed by atoms with Crippen LogP contribution in [-0.4, -0.2) is 29.2 Å². The molecule has 0 saturated heterocycles. The van der Waals surface area contributed by atoms with Crippen LogP contribution in [0.2, 0.25) is 0 Å². The maximum absolute atomic E-state index is 12.9. The maximum atomic E-state index is 12.9. The second-order valence-electron chi connectivity index (χ2n) is 3.84. The molecule has 0 aliphatic carbocycles. The van der Waals surface area contributed by atoms with E-state index in [1.54, 1.807) is 0 Å². The third-order valence-corrected chi connectivity index (χ3v) is 2.22. The molecule has 1 aromatic rings. The number of amides is 1. The molecule has 0 bridgehead atoms. The number of carboxylic acid groups (broad SMARTS) is 1. The van der Waals surface area contributed by atoms with Gasteiger partial charge in [0.25, 0.3) is 0 Å². The summed E-state index contributed by atoms with van der Waals surface area (Å²) in [6.07, 6.45) is -5.94. The van der Waals surface area contributed by atoms with E-state index in [4.69, 9.17) is 5.11 Å². The standard InChI is InChI=1S/C11H8F5NO3/c12-6-1-5(2-7(13)4-6)3-8(9(18)19)17-10(20)11(14,15)16/h1-2,4,8H,3H2,(H,17,20)(H,18,19)/t8-/m0/s1. The second kappa shape index (κ2) is 5.85. The molecule has 110 valence electrons. The number of carbonyl (C=O) groups is 2. The summed E-state index contributed by atoms with van der Waals surface area (Å²) in [6, 6.07) is 0.0933. The average Bonchev–Trinajstić information content (AvgIpc) is 2.24. The van der Waals surface area contributed by atoms with Gasteiger partial charge in [-0.05, 0) is 17.7 Å². The monoisotopic (exact) mass is 297 g/mol. The zero-order chi connectivity index (χ0) is 15.5. The summed E-state index contributed by atoms with van der Waals surface area (Å²) >= 11 is 0. The Bertz CT molecular complexity index is 509. The number of alkyl halides is 3. The molecule has 0 unspecified atom stereocenters. The first kappa shape index (κ1) is 15.9. The van der Waals surface area contributed by atoms with E-state index in [9.17, 15) is 31.5 Å². The van der Waals surface area contributed by atoms with E-state index in [-0.39, 0.29) is 5.56 Å². The van der Waals surface area contributed by atoms with Crippen LogP contribution in [0.15, 0.2) is 18.2 Å². The highest BCUT2D eigenvalue weighted by Crippen LogP contribution is 2.16. The van der Waals surface area contributed by atoms with Crippen molar-refractivity contribution in [2.75, 3.05) is 0 Å². The van der Waals surface area contributed by atoms with E-state index < -0.39 is 42.1 Å². The molecule has 0 radical (unpaired) electrons. The van der Waals surface area contributed by atoms with E-state index in [1.165, 1.54) is 5.32 Å². The van der Waals surface area contributed by atoms with Crippen LogP contribution in [0, 0.1) is 11.6 Å². The van der Waals surface area contributed by atoms with E-state index in [0.29, 0.717) is 6.07 Å². The van der Waals surface area contributed by atoms with E-state index in [0.717, 1.165) is 12.1 Å². The van der Waals surface area contributed by atoms with Crippen LogP contribution in [0.3, 0.4) is 0 Å². The smallest absolute Gasteiger partial charge is 0.471 e. The molecule has 0 heterocycles. The summed E-state index contributed by atoms with van der Waals surface area (Å²) in [4.78, 5) is 21.4. The van der Waals surface area contributed by atoms with Crippen molar-refractivity contribution in [3.8, 4) is 0 Å². The summed E-state index contributed by atoms with van der Waals surface area (Å²) in [6.45, 7) is 0. The molecule has 2 N–H and O–H groups in total. The van der Waals surface area contributed by atoms with Gasteiger partial charge >= 0.3 is 18.1 Å². The fourth-order valence-electron chi connectivity index (χ4n) is 1.40. The van der Waals surface area contributed by atoms with Crippen LogP contribution in [0.25, 0.3) is 0 Å². The first-order valence-corrected chi connectivity index (χ1v) is 5.15. The molecular weight excluding hydrogens is 289 g/mol. The van der Waals surface area contributed by atoms with Gasteiger partial charge in [-0.15, -0.1) is 0 Å². The van der Waals surface area contributed by atoms with Crippen molar-refractivity contribution in [3.63, 3.8) is 0 Å². The molecule has 0 aromatic heterocycles. The Balaban J connectivity index is 2.88. The molecule has 1 amide bonds. The number of hydrogen-bond donors (Lipinski definition) is 2. The zero-order valence-electron chi connectivity index (χ0n) is 9.67. The number of carbonyl (C=O) groups excluding carboxylic acids is 1. The van der Waals surface area contributed by atoms with Crippen molar-refractivity contribution in [2.24, 2.45) is 0 Å². The number of rotatable bonds is 4. The average molecular weight is 297 g/mol. The summed E-state index contributed by atoms with van der Waals surface area (Å²) in [5, 5.41) is 9.95. The number of carboxylic acids is 1. The van der Waals surface area contributed by atoms with Gasteiger partial charge in [-0.3, -0.25) is 4.79 Å². The lowest BCUT2D eigenvalue weighted by Crippen LogP contribution is -2.47. The normalized spacial score (nSPS) is 12.8. The van der Waals surface area contributed by atoms with Gasteiger partial charge in [-0.25, -0.2) is 13.6 Å². The topological polar surface area (TPSA) is 66.4 Å². The van der Waals surface area contributed by atoms with Gasteiger partial charge in [-0.1, -0.05) is 0 Å². The predicted octanol–water partition coefficient (Wildman–Crippen LogP) is 1.64. The molecule has 0 aliphatic rings. The Morgan fingerprint density at radius 1 is 1.15 bits per heavy atom. The summed E-state index contributed by atoms with van der Waals surface area (Å²) < 4.78 is 61.8. The van der Waals surface area contributed by atoms with Gasteiger partial charge < -0.3 is 10.4 Å². The lowest BCUT2D eigenvalue weighted by Gasteiger charge is -2.15. The molecule has 0 aliphatic heterocycles.